The summed E-state index contributed by atoms with van der Waals surface area (Å²) < 4.78 is 0. The largest absolute Gasteiger partial charge is 0.343 e. The van der Waals surface area contributed by atoms with E-state index in [1.165, 1.54) is 0 Å². The van der Waals surface area contributed by atoms with Gasteiger partial charge in [0.15, 0.2) is 5.78 Å². The van der Waals surface area contributed by atoms with Gasteiger partial charge in [0.05, 0.1) is 0 Å². The molecule has 0 atom stereocenters. The molecule has 1 fully saturated rings. The quantitative estimate of drug-likeness (QED) is 0.694. The number of piperidine rings is 1. The summed E-state index contributed by atoms with van der Waals surface area (Å²) in [5.74, 6) is 0.158. The Morgan fingerprint density at radius 3 is 2.29 bits per heavy atom. The van der Waals surface area contributed by atoms with Crippen molar-refractivity contribution in [2.75, 3.05) is 26.7 Å². The summed E-state index contributed by atoms with van der Waals surface area (Å²) in [4.78, 5) is 40.8. The molecule has 0 aromatic heterocycles. The summed E-state index contributed by atoms with van der Waals surface area (Å²) in [6, 6.07) is 17.2. The standard InChI is InChI=1S/C25H31N3O3/c1-19-8-10-21(11-9-19)24(30)22-13-16-28(17-14-22)23(29)12-15-26-25(31)27(2)18-20-6-4-3-5-7-20/h3-11,22H,12-18H2,1-2H3,(H,26,31). The molecular weight excluding hydrogens is 390 g/mol. The number of nitrogens with zero attached hydrogens (tertiary/aromatic N) is 2. The van der Waals surface area contributed by atoms with Crippen molar-refractivity contribution >= 4 is 17.7 Å². The van der Waals surface area contributed by atoms with Crippen molar-refractivity contribution in [2.45, 2.75) is 32.7 Å². The molecule has 1 aliphatic rings. The minimum Gasteiger partial charge on any atom is -0.343 e. The maximum Gasteiger partial charge on any atom is 0.317 e. The third kappa shape index (κ3) is 6.41. The second-order valence-corrected chi connectivity index (χ2v) is 8.21. The zero-order valence-corrected chi connectivity index (χ0v) is 18.3. The van der Waals surface area contributed by atoms with E-state index in [1.807, 2.05) is 61.5 Å². The molecule has 3 rings (SSSR count). The van der Waals surface area contributed by atoms with E-state index in [9.17, 15) is 14.4 Å². The summed E-state index contributed by atoms with van der Waals surface area (Å²) in [5, 5.41) is 2.81. The number of urea groups is 1. The van der Waals surface area contributed by atoms with Crippen molar-refractivity contribution in [3.8, 4) is 0 Å². The minimum atomic E-state index is -0.195. The van der Waals surface area contributed by atoms with Crippen LogP contribution in [0.1, 0.15) is 40.7 Å². The van der Waals surface area contributed by atoms with Crippen LogP contribution in [0.5, 0.6) is 0 Å². The number of hydrogen-bond donors (Lipinski definition) is 1. The van der Waals surface area contributed by atoms with Crippen molar-refractivity contribution in [1.29, 1.82) is 0 Å². The average molecular weight is 422 g/mol. The van der Waals surface area contributed by atoms with E-state index in [4.69, 9.17) is 0 Å². The van der Waals surface area contributed by atoms with Crippen molar-refractivity contribution in [3.63, 3.8) is 0 Å². The van der Waals surface area contributed by atoms with Gasteiger partial charge in [-0.15, -0.1) is 0 Å². The Morgan fingerprint density at radius 1 is 1.00 bits per heavy atom. The Morgan fingerprint density at radius 2 is 1.65 bits per heavy atom. The van der Waals surface area contributed by atoms with E-state index in [-0.39, 0.29) is 30.1 Å². The van der Waals surface area contributed by atoms with Gasteiger partial charge >= 0.3 is 6.03 Å². The van der Waals surface area contributed by atoms with E-state index in [1.54, 1.807) is 16.8 Å². The fraction of sp³-hybridized carbons (Fsp3) is 0.400. The lowest BCUT2D eigenvalue weighted by Gasteiger charge is -2.31. The lowest BCUT2D eigenvalue weighted by molar-refractivity contribution is -0.132. The molecule has 1 aliphatic heterocycles. The van der Waals surface area contributed by atoms with Crippen LogP contribution in [0.4, 0.5) is 4.79 Å². The smallest absolute Gasteiger partial charge is 0.317 e. The molecule has 31 heavy (non-hydrogen) atoms. The van der Waals surface area contributed by atoms with E-state index in [2.05, 4.69) is 5.32 Å². The summed E-state index contributed by atoms with van der Waals surface area (Å²) in [5.41, 5.74) is 2.94. The highest BCUT2D eigenvalue weighted by molar-refractivity contribution is 5.98. The SMILES string of the molecule is Cc1ccc(C(=O)C2CCN(C(=O)CCNC(=O)N(C)Cc3ccccc3)CC2)cc1. The first kappa shape index (κ1) is 22.5. The number of amides is 3. The topological polar surface area (TPSA) is 69.7 Å². The van der Waals surface area contributed by atoms with Gasteiger partial charge in [-0.3, -0.25) is 9.59 Å². The summed E-state index contributed by atoms with van der Waals surface area (Å²) >= 11 is 0. The van der Waals surface area contributed by atoms with Gasteiger partial charge in [-0.05, 0) is 25.3 Å². The van der Waals surface area contributed by atoms with Crippen LogP contribution in [-0.2, 0) is 11.3 Å². The van der Waals surface area contributed by atoms with E-state index < -0.39 is 0 Å². The number of hydrogen-bond acceptors (Lipinski definition) is 3. The summed E-state index contributed by atoms with van der Waals surface area (Å²) in [6.45, 7) is 4.00. The fourth-order valence-corrected chi connectivity index (χ4v) is 3.84. The molecule has 164 valence electrons. The van der Waals surface area contributed by atoms with Gasteiger partial charge in [0.25, 0.3) is 0 Å². The molecule has 0 radical (unpaired) electrons. The Kier molecular flexibility index (Phi) is 7.82. The molecule has 0 saturated carbocycles. The molecule has 2 aromatic carbocycles. The van der Waals surface area contributed by atoms with Crippen LogP contribution in [0.3, 0.4) is 0 Å². The summed E-state index contributed by atoms with van der Waals surface area (Å²) in [6.07, 6.45) is 1.64. The van der Waals surface area contributed by atoms with E-state index >= 15 is 0 Å². The van der Waals surface area contributed by atoms with Crippen LogP contribution in [0, 0.1) is 12.8 Å². The van der Waals surface area contributed by atoms with Gasteiger partial charge in [0.2, 0.25) is 5.91 Å². The number of aryl methyl sites for hydroxylation is 1. The molecule has 0 bridgehead atoms. The number of Topliss-reactive ketones (excluding diaryl/α,β-unsaturated/α-hetero) is 1. The normalized spacial score (nSPS) is 14.2. The molecule has 1 heterocycles. The monoisotopic (exact) mass is 421 g/mol. The van der Waals surface area contributed by atoms with Crippen molar-refractivity contribution in [3.05, 3.63) is 71.3 Å². The highest BCUT2D eigenvalue weighted by atomic mass is 16.2. The Balaban J connectivity index is 1.37. The van der Waals surface area contributed by atoms with Gasteiger partial charge in [0, 0.05) is 51.1 Å². The highest BCUT2D eigenvalue weighted by Crippen LogP contribution is 2.22. The lowest BCUT2D eigenvalue weighted by atomic mass is 9.88. The second kappa shape index (κ2) is 10.8. The predicted molar refractivity (Wildman–Crippen MR) is 121 cm³/mol. The first-order chi connectivity index (χ1) is 14.9. The van der Waals surface area contributed by atoms with Gasteiger partial charge in [-0.1, -0.05) is 60.2 Å². The van der Waals surface area contributed by atoms with Gasteiger partial charge < -0.3 is 15.1 Å². The number of benzene rings is 2. The third-order valence-electron chi connectivity index (χ3n) is 5.78. The number of likely N-dealkylation sites (tertiary alicyclic amines) is 1. The maximum atomic E-state index is 12.7. The molecule has 1 N–H and O–H groups in total. The molecule has 2 aromatic rings. The predicted octanol–water partition coefficient (Wildman–Crippen LogP) is 3.65. The molecular formula is C25H31N3O3. The number of carbonyl (C=O) groups is 3. The average Bonchev–Trinajstić information content (AvgIpc) is 2.79. The van der Waals surface area contributed by atoms with Crippen molar-refractivity contribution in [1.82, 2.24) is 15.1 Å². The van der Waals surface area contributed by atoms with Crippen LogP contribution in [0.2, 0.25) is 0 Å². The molecule has 0 unspecified atom stereocenters. The van der Waals surface area contributed by atoms with Gasteiger partial charge in [-0.2, -0.15) is 0 Å². The third-order valence-corrected chi connectivity index (χ3v) is 5.78. The molecule has 6 heteroatoms. The van der Waals surface area contributed by atoms with Gasteiger partial charge in [0.1, 0.15) is 0 Å². The lowest BCUT2D eigenvalue weighted by Crippen LogP contribution is -2.42. The Labute approximate surface area is 184 Å². The molecule has 6 nitrogen and oxygen atoms in total. The van der Waals surface area contributed by atoms with E-state index in [0.29, 0.717) is 39.0 Å². The van der Waals surface area contributed by atoms with Crippen molar-refractivity contribution < 1.29 is 14.4 Å². The number of nitrogens with one attached hydrogen (secondary N) is 1. The maximum absolute atomic E-state index is 12.7. The molecule has 3 amide bonds. The zero-order chi connectivity index (χ0) is 22.2. The fourth-order valence-electron chi connectivity index (χ4n) is 3.84. The second-order valence-electron chi connectivity index (χ2n) is 8.21. The molecule has 0 aliphatic carbocycles. The Hall–Kier alpha value is -3.15. The number of rotatable bonds is 7. The van der Waals surface area contributed by atoms with Gasteiger partial charge in [-0.25, -0.2) is 4.79 Å². The zero-order valence-electron chi connectivity index (χ0n) is 18.3. The van der Waals surface area contributed by atoms with Crippen LogP contribution in [0.25, 0.3) is 0 Å². The first-order valence-corrected chi connectivity index (χ1v) is 10.9. The minimum absolute atomic E-state index is 0.0206. The number of carbonyl (C=O) groups excluding carboxylic acids is 3. The van der Waals surface area contributed by atoms with Crippen LogP contribution < -0.4 is 5.32 Å². The highest BCUT2D eigenvalue weighted by Gasteiger charge is 2.27. The molecule has 0 spiro atoms. The molecule has 1 saturated heterocycles. The number of ketones is 1. The van der Waals surface area contributed by atoms with Crippen molar-refractivity contribution in [2.24, 2.45) is 5.92 Å². The van der Waals surface area contributed by atoms with Crippen LogP contribution >= 0.6 is 0 Å². The Bertz CT molecular complexity index is 888. The van der Waals surface area contributed by atoms with Crippen LogP contribution in [0.15, 0.2) is 54.6 Å². The summed E-state index contributed by atoms with van der Waals surface area (Å²) in [7, 11) is 1.74. The van der Waals surface area contributed by atoms with E-state index in [0.717, 1.165) is 16.7 Å². The first-order valence-electron chi connectivity index (χ1n) is 10.9. The van der Waals surface area contributed by atoms with Crippen LogP contribution in [-0.4, -0.2) is 54.2 Å².